The molecule has 0 saturated heterocycles. The van der Waals surface area contributed by atoms with E-state index in [1.165, 1.54) is 11.1 Å². The van der Waals surface area contributed by atoms with E-state index in [4.69, 9.17) is 14.9 Å². The van der Waals surface area contributed by atoms with Crippen molar-refractivity contribution in [1.82, 2.24) is 0 Å². The summed E-state index contributed by atoms with van der Waals surface area (Å²) in [6.07, 6.45) is 0.739. The van der Waals surface area contributed by atoms with E-state index >= 15 is 0 Å². The standard InChI is InChI=1S/C18H19NO2/c1-12-3-8-17-14(9-12)11-18(21-17)16(19)10-13-4-6-15(20-2)7-5-13/h3-9,11,16H,10,19H2,1-2H3. The van der Waals surface area contributed by atoms with Gasteiger partial charge in [-0.1, -0.05) is 23.8 Å². The van der Waals surface area contributed by atoms with Crippen molar-refractivity contribution in [2.75, 3.05) is 7.11 Å². The zero-order valence-electron chi connectivity index (χ0n) is 12.3. The second-order valence-corrected chi connectivity index (χ2v) is 5.35. The predicted octanol–water partition coefficient (Wildman–Crippen LogP) is 3.99. The molecule has 0 saturated carbocycles. The van der Waals surface area contributed by atoms with Gasteiger partial charge in [-0.25, -0.2) is 0 Å². The van der Waals surface area contributed by atoms with Gasteiger partial charge < -0.3 is 14.9 Å². The number of fused-ring (bicyclic) bond motifs is 1. The lowest BCUT2D eigenvalue weighted by Gasteiger charge is -2.09. The number of furan rings is 1. The molecule has 21 heavy (non-hydrogen) atoms. The summed E-state index contributed by atoms with van der Waals surface area (Å²) in [5, 5.41) is 1.11. The molecule has 3 heteroatoms. The molecule has 108 valence electrons. The SMILES string of the molecule is COc1ccc(CC(N)c2cc3cc(C)ccc3o2)cc1. The Balaban J connectivity index is 1.80. The Labute approximate surface area is 124 Å². The molecular formula is C18H19NO2. The Morgan fingerprint density at radius 1 is 1.10 bits per heavy atom. The first kappa shape index (κ1) is 13.7. The van der Waals surface area contributed by atoms with Crippen LogP contribution < -0.4 is 10.5 Å². The van der Waals surface area contributed by atoms with Gasteiger partial charge in [-0.05, 0) is 49.2 Å². The summed E-state index contributed by atoms with van der Waals surface area (Å²) < 4.78 is 11.0. The summed E-state index contributed by atoms with van der Waals surface area (Å²) in [5.74, 6) is 1.68. The maximum Gasteiger partial charge on any atom is 0.134 e. The van der Waals surface area contributed by atoms with E-state index in [0.29, 0.717) is 0 Å². The van der Waals surface area contributed by atoms with Crippen molar-refractivity contribution < 1.29 is 9.15 Å². The van der Waals surface area contributed by atoms with Crippen LogP contribution in [0.25, 0.3) is 11.0 Å². The lowest BCUT2D eigenvalue weighted by Crippen LogP contribution is -2.12. The molecule has 1 aromatic heterocycles. The first-order valence-corrected chi connectivity index (χ1v) is 7.04. The zero-order chi connectivity index (χ0) is 14.8. The van der Waals surface area contributed by atoms with Crippen molar-refractivity contribution in [2.24, 2.45) is 5.73 Å². The number of nitrogens with two attached hydrogens (primary N) is 1. The Morgan fingerprint density at radius 2 is 1.86 bits per heavy atom. The van der Waals surface area contributed by atoms with E-state index in [1.54, 1.807) is 7.11 Å². The average Bonchev–Trinajstić information content (AvgIpc) is 2.91. The number of rotatable bonds is 4. The summed E-state index contributed by atoms with van der Waals surface area (Å²) >= 11 is 0. The Kier molecular flexibility index (Phi) is 3.67. The van der Waals surface area contributed by atoms with Crippen molar-refractivity contribution in [3.05, 3.63) is 65.4 Å². The minimum Gasteiger partial charge on any atom is -0.497 e. The van der Waals surface area contributed by atoms with Gasteiger partial charge in [0.05, 0.1) is 13.2 Å². The molecule has 0 aliphatic carbocycles. The molecular weight excluding hydrogens is 262 g/mol. The van der Waals surface area contributed by atoms with Gasteiger partial charge in [0.25, 0.3) is 0 Å². The number of benzene rings is 2. The van der Waals surface area contributed by atoms with Crippen molar-refractivity contribution in [3.63, 3.8) is 0 Å². The van der Waals surface area contributed by atoms with Gasteiger partial charge >= 0.3 is 0 Å². The Morgan fingerprint density at radius 3 is 2.57 bits per heavy atom. The third kappa shape index (κ3) is 2.93. The van der Waals surface area contributed by atoms with Crippen LogP contribution in [0.3, 0.4) is 0 Å². The van der Waals surface area contributed by atoms with E-state index in [9.17, 15) is 0 Å². The third-order valence-corrected chi connectivity index (χ3v) is 3.67. The lowest BCUT2D eigenvalue weighted by molar-refractivity contribution is 0.414. The highest BCUT2D eigenvalue weighted by Gasteiger charge is 2.13. The molecule has 3 rings (SSSR count). The van der Waals surface area contributed by atoms with Crippen LogP contribution in [0.2, 0.25) is 0 Å². The quantitative estimate of drug-likeness (QED) is 0.786. The first-order valence-electron chi connectivity index (χ1n) is 7.04. The van der Waals surface area contributed by atoms with Gasteiger partial charge in [-0.2, -0.15) is 0 Å². The first-order chi connectivity index (χ1) is 10.2. The van der Waals surface area contributed by atoms with E-state index in [2.05, 4.69) is 13.0 Å². The van der Waals surface area contributed by atoms with Gasteiger partial charge in [0.1, 0.15) is 17.1 Å². The molecule has 2 aromatic carbocycles. The van der Waals surface area contributed by atoms with Crippen LogP contribution in [0.4, 0.5) is 0 Å². The minimum atomic E-state index is -0.147. The largest absolute Gasteiger partial charge is 0.497 e. The van der Waals surface area contributed by atoms with Crippen LogP contribution >= 0.6 is 0 Å². The van der Waals surface area contributed by atoms with Crippen molar-refractivity contribution in [2.45, 2.75) is 19.4 Å². The van der Waals surface area contributed by atoms with Crippen LogP contribution in [0.15, 0.2) is 52.9 Å². The van der Waals surface area contributed by atoms with Crippen molar-refractivity contribution in [1.29, 1.82) is 0 Å². The number of methoxy groups -OCH3 is 1. The molecule has 0 bridgehead atoms. The molecule has 0 aliphatic rings. The van der Waals surface area contributed by atoms with Crippen LogP contribution in [0, 0.1) is 6.92 Å². The van der Waals surface area contributed by atoms with Gasteiger partial charge in [0.2, 0.25) is 0 Å². The van der Waals surface area contributed by atoms with Crippen LogP contribution in [0.1, 0.15) is 22.9 Å². The highest BCUT2D eigenvalue weighted by molar-refractivity contribution is 5.78. The topological polar surface area (TPSA) is 48.4 Å². The van der Waals surface area contributed by atoms with E-state index in [-0.39, 0.29) is 6.04 Å². The van der Waals surface area contributed by atoms with Gasteiger partial charge in [-0.3, -0.25) is 0 Å². The molecule has 0 amide bonds. The third-order valence-electron chi connectivity index (χ3n) is 3.67. The molecule has 3 nitrogen and oxygen atoms in total. The molecule has 0 aliphatic heterocycles. The van der Waals surface area contributed by atoms with E-state index in [0.717, 1.165) is 28.9 Å². The summed E-state index contributed by atoms with van der Waals surface area (Å²) in [4.78, 5) is 0. The monoisotopic (exact) mass is 281 g/mol. The highest BCUT2D eigenvalue weighted by Crippen LogP contribution is 2.26. The second kappa shape index (κ2) is 5.62. The van der Waals surface area contributed by atoms with Gasteiger partial charge in [0, 0.05) is 5.39 Å². The molecule has 0 spiro atoms. The Bertz CT molecular complexity index is 744. The summed E-state index contributed by atoms with van der Waals surface area (Å²) in [6, 6.07) is 16.0. The van der Waals surface area contributed by atoms with Crippen LogP contribution in [-0.4, -0.2) is 7.11 Å². The number of aryl methyl sites for hydroxylation is 1. The molecule has 0 fully saturated rings. The van der Waals surface area contributed by atoms with E-state index < -0.39 is 0 Å². The molecule has 1 heterocycles. The minimum absolute atomic E-state index is 0.147. The smallest absolute Gasteiger partial charge is 0.134 e. The summed E-state index contributed by atoms with van der Waals surface area (Å²) in [6.45, 7) is 2.07. The average molecular weight is 281 g/mol. The van der Waals surface area contributed by atoms with Crippen LogP contribution in [-0.2, 0) is 6.42 Å². The fourth-order valence-electron chi connectivity index (χ4n) is 2.48. The fraction of sp³-hybridized carbons (Fsp3) is 0.222. The predicted molar refractivity (Wildman–Crippen MR) is 84.6 cm³/mol. The number of hydrogen-bond donors (Lipinski definition) is 1. The van der Waals surface area contributed by atoms with Crippen LogP contribution in [0.5, 0.6) is 5.75 Å². The van der Waals surface area contributed by atoms with Gasteiger partial charge in [-0.15, -0.1) is 0 Å². The summed E-state index contributed by atoms with van der Waals surface area (Å²) in [5.41, 5.74) is 9.55. The second-order valence-electron chi connectivity index (χ2n) is 5.35. The maximum absolute atomic E-state index is 6.27. The van der Waals surface area contributed by atoms with Crippen molar-refractivity contribution in [3.8, 4) is 5.75 Å². The molecule has 3 aromatic rings. The van der Waals surface area contributed by atoms with E-state index in [1.807, 2.05) is 42.5 Å². The fourth-order valence-corrected chi connectivity index (χ4v) is 2.48. The molecule has 1 unspecified atom stereocenters. The van der Waals surface area contributed by atoms with Crippen molar-refractivity contribution >= 4 is 11.0 Å². The Hall–Kier alpha value is -2.26. The molecule has 2 N–H and O–H groups in total. The normalized spacial score (nSPS) is 12.5. The molecule has 0 radical (unpaired) electrons. The maximum atomic E-state index is 6.27. The lowest BCUT2D eigenvalue weighted by atomic mass is 10.0. The van der Waals surface area contributed by atoms with Gasteiger partial charge in [0.15, 0.2) is 0 Å². The number of hydrogen-bond acceptors (Lipinski definition) is 3. The summed E-state index contributed by atoms with van der Waals surface area (Å²) in [7, 11) is 1.66. The highest BCUT2D eigenvalue weighted by atomic mass is 16.5. The number of ether oxygens (including phenoxy) is 1. The zero-order valence-corrected chi connectivity index (χ0v) is 12.3. The molecule has 1 atom stereocenters.